The first-order chi connectivity index (χ1) is 16.2. The molecule has 0 saturated carbocycles. The van der Waals surface area contributed by atoms with E-state index >= 15 is 0 Å². The highest BCUT2D eigenvalue weighted by molar-refractivity contribution is 7.89. The summed E-state index contributed by atoms with van der Waals surface area (Å²) in [7, 11) is -2.25. The molecule has 34 heavy (non-hydrogen) atoms. The minimum atomic E-state index is -3.85. The summed E-state index contributed by atoms with van der Waals surface area (Å²) >= 11 is 12.5. The van der Waals surface area contributed by atoms with Gasteiger partial charge in [-0.25, -0.2) is 17.5 Å². The van der Waals surface area contributed by atoms with Crippen LogP contribution in [-0.2, 0) is 10.0 Å². The molecule has 178 valence electrons. The van der Waals surface area contributed by atoms with Gasteiger partial charge in [-0.05, 0) is 66.6 Å². The lowest BCUT2D eigenvalue weighted by atomic mass is 10.0. The molecule has 0 saturated heterocycles. The number of hydrogen-bond acceptors (Lipinski definition) is 5. The number of sulfonamides is 1. The first-order valence-corrected chi connectivity index (χ1v) is 12.6. The summed E-state index contributed by atoms with van der Waals surface area (Å²) in [5, 5.41) is 7.38. The van der Waals surface area contributed by atoms with Crippen molar-refractivity contribution in [3.63, 3.8) is 0 Å². The summed E-state index contributed by atoms with van der Waals surface area (Å²) in [6, 6.07) is 16.2. The third-order valence-corrected chi connectivity index (χ3v) is 7.47. The van der Waals surface area contributed by atoms with Crippen molar-refractivity contribution in [1.29, 1.82) is 0 Å². The molecule has 0 spiro atoms. The van der Waals surface area contributed by atoms with Gasteiger partial charge in [0, 0.05) is 11.4 Å². The van der Waals surface area contributed by atoms with Crippen LogP contribution >= 0.6 is 23.2 Å². The predicted molar refractivity (Wildman–Crippen MR) is 133 cm³/mol. The van der Waals surface area contributed by atoms with Crippen molar-refractivity contribution in [2.75, 3.05) is 18.7 Å². The largest absolute Gasteiger partial charge is 0.497 e. The number of aryl methyl sites for hydroxylation is 1. The average Bonchev–Trinajstić information content (AvgIpc) is 3.23. The Morgan fingerprint density at radius 3 is 2.50 bits per heavy atom. The molecule has 6 nitrogen and oxygen atoms in total. The quantitative estimate of drug-likeness (QED) is 0.430. The van der Waals surface area contributed by atoms with Crippen molar-refractivity contribution in [3.05, 3.63) is 87.7 Å². The number of hydrazone groups is 1. The summed E-state index contributed by atoms with van der Waals surface area (Å²) in [5.41, 5.74) is 2.49. The summed E-state index contributed by atoms with van der Waals surface area (Å²) in [6.45, 7) is 1.51. The number of ether oxygens (including phenoxy) is 1. The van der Waals surface area contributed by atoms with E-state index in [0.29, 0.717) is 27.9 Å². The molecule has 10 heteroatoms. The SMILES string of the molecule is COc1ccc(C2CC(CNS(=O)(=O)c3ccc(F)c(C)c3)=NN2c2ccc(Cl)cc2Cl)cc1. The fourth-order valence-electron chi connectivity index (χ4n) is 3.70. The van der Waals surface area contributed by atoms with Gasteiger partial charge in [-0.1, -0.05) is 35.3 Å². The van der Waals surface area contributed by atoms with Crippen LogP contribution in [0.1, 0.15) is 23.6 Å². The molecule has 1 aliphatic rings. The maximum Gasteiger partial charge on any atom is 0.240 e. The first kappa shape index (κ1) is 24.5. The summed E-state index contributed by atoms with van der Waals surface area (Å²) in [6.07, 6.45) is 0.469. The van der Waals surface area contributed by atoms with Crippen LogP contribution in [0.5, 0.6) is 5.75 Å². The molecule has 4 rings (SSSR count). The van der Waals surface area contributed by atoms with E-state index in [1.165, 1.54) is 19.1 Å². The number of hydrogen-bond donors (Lipinski definition) is 1. The molecule has 0 radical (unpaired) electrons. The molecule has 1 unspecified atom stereocenters. The van der Waals surface area contributed by atoms with E-state index in [4.69, 9.17) is 27.9 Å². The van der Waals surface area contributed by atoms with Gasteiger partial charge in [0.15, 0.2) is 0 Å². The topological polar surface area (TPSA) is 71.0 Å². The van der Waals surface area contributed by atoms with Crippen LogP contribution < -0.4 is 14.5 Å². The average molecular weight is 522 g/mol. The molecular weight excluding hydrogens is 500 g/mol. The van der Waals surface area contributed by atoms with E-state index in [-0.39, 0.29) is 23.0 Å². The second-order valence-corrected chi connectivity index (χ2v) is 10.4. The molecule has 1 heterocycles. The summed E-state index contributed by atoms with van der Waals surface area (Å²) in [5.74, 6) is 0.262. The van der Waals surface area contributed by atoms with Crippen LogP contribution in [0, 0.1) is 12.7 Å². The number of anilines is 1. The maximum atomic E-state index is 13.6. The lowest BCUT2D eigenvalue weighted by Crippen LogP contribution is -2.29. The van der Waals surface area contributed by atoms with E-state index in [2.05, 4.69) is 9.82 Å². The number of methoxy groups -OCH3 is 1. The number of rotatable bonds is 7. The van der Waals surface area contributed by atoms with Crippen LogP contribution in [0.4, 0.5) is 10.1 Å². The van der Waals surface area contributed by atoms with Gasteiger partial charge in [0.25, 0.3) is 0 Å². The molecule has 1 N–H and O–H groups in total. The highest BCUT2D eigenvalue weighted by Crippen LogP contribution is 2.40. The Hall–Kier alpha value is -2.65. The van der Waals surface area contributed by atoms with Crippen LogP contribution in [0.3, 0.4) is 0 Å². The molecule has 0 bridgehead atoms. The molecule has 3 aromatic rings. The first-order valence-electron chi connectivity index (χ1n) is 10.4. The highest BCUT2D eigenvalue weighted by atomic mass is 35.5. The van der Waals surface area contributed by atoms with E-state index < -0.39 is 15.8 Å². The van der Waals surface area contributed by atoms with Gasteiger partial charge in [0.05, 0.1) is 41.0 Å². The lowest BCUT2D eigenvalue weighted by molar-refractivity contribution is 0.414. The number of nitrogens with zero attached hydrogens (tertiary/aromatic N) is 2. The fourth-order valence-corrected chi connectivity index (χ4v) is 5.30. The standard InChI is InChI=1S/C24H22Cl2FN3O3S/c1-15-11-20(8-9-22(15)27)34(31,32)28-14-18-13-24(16-3-6-19(33-2)7-4-16)30(29-18)23-10-5-17(25)12-21(23)26/h3-12,24,28H,13-14H2,1-2H3. The van der Waals surface area contributed by atoms with E-state index in [9.17, 15) is 12.8 Å². The zero-order valence-electron chi connectivity index (χ0n) is 18.4. The Kier molecular flexibility index (Phi) is 7.14. The second-order valence-electron chi connectivity index (χ2n) is 7.84. The van der Waals surface area contributed by atoms with Crippen LogP contribution in [0.25, 0.3) is 0 Å². The van der Waals surface area contributed by atoms with Crippen LogP contribution in [0.2, 0.25) is 10.0 Å². The van der Waals surface area contributed by atoms with Gasteiger partial charge in [-0.3, -0.25) is 5.01 Å². The van der Waals surface area contributed by atoms with Gasteiger partial charge in [0.2, 0.25) is 10.0 Å². The summed E-state index contributed by atoms with van der Waals surface area (Å²) in [4.78, 5) is -0.00527. The molecule has 0 aliphatic carbocycles. The zero-order chi connectivity index (χ0) is 24.5. The highest BCUT2D eigenvalue weighted by Gasteiger charge is 2.31. The molecule has 0 amide bonds. The maximum absolute atomic E-state index is 13.6. The lowest BCUT2D eigenvalue weighted by Gasteiger charge is -2.25. The fraction of sp³-hybridized carbons (Fsp3) is 0.208. The molecular formula is C24H22Cl2FN3O3S. The monoisotopic (exact) mass is 521 g/mol. The Balaban J connectivity index is 1.61. The predicted octanol–water partition coefficient (Wildman–Crippen LogP) is 5.74. The third kappa shape index (κ3) is 5.20. The van der Waals surface area contributed by atoms with Crippen molar-refractivity contribution < 1.29 is 17.5 Å². The van der Waals surface area contributed by atoms with Gasteiger partial charge in [0.1, 0.15) is 11.6 Å². The molecule has 1 atom stereocenters. The smallest absolute Gasteiger partial charge is 0.240 e. The van der Waals surface area contributed by atoms with Crippen molar-refractivity contribution in [1.82, 2.24) is 4.72 Å². The minimum absolute atomic E-state index is 0.00527. The van der Waals surface area contributed by atoms with Crippen molar-refractivity contribution in [3.8, 4) is 5.75 Å². The van der Waals surface area contributed by atoms with Crippen LogP contribution in [-0.4, -0.2) is 27.8 Å². The molecule has 3 aromatic carbocycles. The van der Waals surface area contributed by atoms with Gasteiger partial charge >= 0.3 is 0 Å². The molecule has 0 aromatic heterocycles. The van der Waals surface area contributed by atoms with E-state index in [0.717, 1.165) is 17.4 Å². The van der Waals surface area contributed by atoms with Crippen molar-refractivity contribution in [2.45, 2.75) is 24.3 Å². The van der Waals surface area contributed by atoms with Crippen molar-refractivity contribution >= 4 is 44.6 Å². The van der Waals surface area contributed by atoms with E-state index in [1.54, 1.807) is 30.3 Å². The summed E-state index contributed by atoms with van der Waals surface area (Å²) < 4.78 is 46.9. The van der Waals surface area contributed by atoms with Crippen molar-refractivity contribution in [2.24, 2.45) is 5.10 Å². The molecule has 1 aliphatic heterocycles. The Labute approximate surface area is 208 Å². The number of benzene rings is 3. The zero-order valence-corrected chi connectivity index (χ0v) is 20.8. The van der Waals surface area contributed by atoms with Gasteiger partial charge in [-0.2, -0.15) is 5.10 Å². The Morgan fingerprint density at radius 1 is 1.12 bits per heavy atom. The normalized spacial score (nSPS) is 16.0. The Bertz CT molecular complexity index is 1350. The minimum Gasteiger partial charge on any atom is -0.497 e. The van der Waals surface area contributed by atoms with Crippen LogP contribution in [0.15, 0.2) is 70.7 Å². The Morgan fingerprint density at radius 2 is 1.85 bits per heavy atom. The molecule has 0 fully saturated rings. The van der Waals surface area contributed by atoms with Gasteiger partial charge in [-0.15, -0.1) is 0 Å². The second kappa shape index (κ2) is 9.92. The third-order valence-electron chi connectivity index (χ3n) is 5.54. The number of halogens is 3. The van der Waals surface area contributed by atoms with Gasteiger partial charge < -0.3 is 4.74 Å². The van der Waals surface area contributed by atoms with E-state index in [1.807, 2.05) is 24.3 Å². The number of nitrogens with one attached hydrogen (secondary N) is 1.